The number of nitrogens with zero attached hydrogens (tertiary/aromatic N) is 1. The van der Waals surface area contributed by atoms with Crippen LogP contribution in [-0.4, -0.2) is 22.5 Å². The summed E-state index contributed by atoms with van der Waals surface area (Å²) in [4.78, 5) is 10.8. The SMILES string of the molecule is [CH2]N([CH2])CC(=O)O. The van der Waals surface area contributed by atoms with Gasteiger partial charge in [-0.1, -0.05) is 0 Å². The molecule has 0 aromatic rings. The third-order valence-corrected chi connectivity index (χ3v) is 0.359. The van der Waals surface area contributed by atoms with Crippen LogP contribution in [0.1, 0.15) is 0 Å². The quantitative estimate of drug-likeness (QED) is 0.530. The van der Waals surface area contributed by atoms with Crippen LogP contribution in [-0.2, 0) is 4.79 Å². The van der Waals surface area contributed by atoms with Crippen LogP contribution in [0, 0.1) is 14.1 Å². The maximum atomic E-state index is 9.69. The summed E-state index contributed by atoms with van der Waals surface area (Å²) in [6.07, 6.45) is 0. The first-order chi connectivity index (χ1) is 3.13. The Bertz CT molecular complexity index is 70.1. The van der Waals surface area contributed by atoms with Crippen LogP contribution in [0.2, 0.25) is 0 Å². The van der Waals surface area contributed by atoms with Gasteiger partial charge in [0.2, 0.25) is 0 Å². The van der Waals surface area contributed by atoms with Crippen LogP contribution in [0.4, 0.5) is 0 Å². The third-order valence-electron chi connectivity index (χ3n) is 0.359. The van der Waals surface area contributed by atoms with Crippen molar-refractivity contribution in [2.45, 2.75) is 0 Å². The van der Waals surface area contributed by atoms with Crippen LogP contribution in [0.3, 0.4) is 0 Å². The van der Waals surface area contributed by atoms with Gasteiger partial charge in [0.05, 0.1) is 6.54 Å². The lowest BCUT2D eigenvalue weighted by molar-refractivity contribution is -0.137. The molecule has 0 spiro atoms. The Balaban J connectivity index is 3.13. The highest BCUT2D eigenvalue weighted by molar-refractivity contribution is 5.69. The largest absolute Gasteiger partial charge is 0.480 e. The summed E-state index contributed by atoms with van der Waals surface area (Å²) in [7, 11) is 6.44. The summed E-state index contributed by atoms with van der Waals surface area (Å²) in [5.41, 5.74) is 0. The van der Waals surface area contributed by atoms with E-state index in [1.165, 1.54) is 0 Å². The number of carboxylic acid groups (broad SMARTS) is 1. The Kier molecular flexibility index (Phi) is 2.37. The van der Waals surface area contributed by atoms with Crippen molar-refractivity contribution in [1.82, 2.24) is 4.90 Å². The van der Waals surface area contributed by atoms with E-state index < -0.39 is 5.97 Å². The highest BCUT2D eigenvalue weighted by Gasteiger charge is 1.95. The standard InChI is InChI=1S/C4H7NO2/c1-5(2)3-4(6)7/h1-3H2,(H,6,7). The van der Waals surface area contributed by atoms with E-state index in [1.807, 2.05) is 0 Å². The Morgan fingerprint density at radius 3 is 2.14 bits per heavy atom. The van der Waals surface area contributed by atoms with Crippen molar-refractivity contribution >= 4 is 5.97 Å². The average molecular weight is 101 g/mol. The van der Waals surface area contributed by atoms with Crippen LogP contribution >= 0.6 is 0 Å². The monoisotopic (exact) mass is 101 g/mol. The van der Waals surface area contributed by atoms with Gasteiger partial charge >= 0.3 is 5.97 Å². The Hall–Kier alpha value is -0.570. The molecule has 0 rings (SSSR count). The van der Waals surface area contributed by atoms with Crippen molar-refractivity contribution in [1.29, 1.82) is 0 Å². The smallest absolute Gasteiger partial charge is 0.317 e. The molecule has 0 aromatic carbocycles. The summed E-state index contributed by atoms with van der Waals surface area (Å²) in [6, 6.07) is 0. The number of carboxylic acids is 1. The van der Waals surface area contributed by atoms with Gasteiger partial charge in [0.1, 0.15) is 0 Å². The van der Waals surface area contributed by atoms with Crippen molar-refractivity contribution in [3.8, 4) is 0 Å². The van der Waals surface area contributed by atoms with Gasteiger partial charge < -0.3 is 5.11 Å². The molecule has 7 heavy (non-hydrogen) atoms. The van der Waals surface area contributed by atoms with Gasteiger partial charge in [0, 0.05) is 14.1 Å². The lowest BCUT2D eigenvalue weighted by Gasteiger charge is -2.01. The summed E-state index contributed by atoms with van der Waals surface area (Å²) < 4.78 is 0. The first-order valence-electron chi connectivity index (χ1n) is 1.73. The van der Waals surface area contributed by atoms with Gasteiger partial charge in [-0.3, -0.25) is 9.69 Å². The second kappa shape index (κ2) is 2.58. The number of rotatable bonds is 2. The zero-order chi connectivity index (χ0) is 5.86. The molecule has 3 nitrogen and oxygen atoms in total. The highest BCUT2D eigenvalue weighted by atomic mass is 16.4. The van der Waals surface area contributed by atoms with Crippen molar-refractivity contribution < 1.29 is 9.90 Å². The lowest BCUT2D eigenvalue weighted by atomic mass is 10.6. The first kappa shape index (κ1) is 6.43. The number of carbonyl (C=O) groups is 1. The van der Waals surface area contributed by atoms with E-state index in [0.717, 1.165) is 4.90 Å². The first-order valence-corrected chi connectivity index (χ1v) is 1.73. The molecular formula is C4H7NO2. The summed E-state index contributed by atoms with van der Waals surface area (Å²) >= 11 is 0. The summed E-state index contributed by atoms with van der Waals surface area (Å²) in [6.45, 7) is -0.111. The van der Waals surface area contributed by atoms with E-state index >= 15 is 0 Å². The molecule has 0 heterocycles. The van der Waals surface area contributed by atoms with Gasteiger partial charge in [-0.15, -0.1) is 0 Å². The fourth-order valence-corrected chi connectivity index (χ4v) is 0.191. The normalized spacial score (nSPS) is 9.57. The second-order valence-electron chi connectivity index (χ2n) is 1.22. The van der Waals surface area contributed by atoms with E-state index in [-0.39, 0.29) is 6.54 Å². The van der Waals surface area contributed by atoms with Crippen molar-refractivity contribution in [2.75, 3.05) is 6.54 Å². The molecule has 1 N–H and O–H groups in total. The van der Waals surface area contributed by atoms with Gasteiger partial charge in [-0.2, -0.15) is 0 Å². The van der Waals surface area contributed by atoms with Crippen LogP contribution in [0.25, 0.3) is 0 Å². The zero-order valence-corrected chi connectivity index (χ0v) is 3.92. The maximum Gasteiger partial charge on any atom is 0.317 e. The summed E-state index contributed by atoms with van der Waals surface area (Å²) in [5.74, 6) is -0.912. The second-order valence-corrected chi connectivity index (χ2v) is 1.22. The zero-order valence-electron chi connectivity index (χ0n) is 3.92. The van der Waals surface area contributed by atoms with Gasteiger partial charge in [-0.05, 0) is 0 Å². The molecule has 0 aliphatic carbocycles. The number of aliphatic carboxylic acids is 1. The number of hydrogen-bond acceptors (Lipinski definition) is 2. The molecule has 0 bridgehead atoms. The van der Waals surface area contributed by atoms with E-state index in [2.05, 4.69) is 14.1 Å². The van der Waals surface area contributed by atoms with E-state index in [4.69, 9.17) is 5.11 Å². The predicted octanol–water partition coefficient (Wildman–Crippen LogP) is -0.0438. The molecule has 0 aromatic heterocycles. The van der Waals surface area contributed by atoms with Crippen molar-refractivity contribution in [2.24, 2.45) is 0 Å². The van der Waals surface area contributed by atoms with Crippen molar-refractivity contribution in [3.05, 3.63) is 14.1 Å². The molecule has 40 valence electrons. The molecule has 0 aliphatic rings. The molecule has 0 amide bonds. The topological polar surface area (TPSA) is 40.5 Å². The van der Waals surface area contributed by atoms with E-state index in [9.17, 15) is 4.79 Å². The van der Waals surface area contributed by atoms with Gasteiger partial charge in [0.25, 0.3) is 0 Å². The molecule has 3 heteroatoms. The Morgan fingerprint density at radius 2 is 2.14 bits per heavy atom. The third kappa shape index (κ3) is 5.43. The van der Waals surface area contributed by atoms with Gasteiger partial charge in [0.15, 0.2) is 0 Å². The molecule has 0 unspecified atom stereocenters. The maximum absolute atomic E-state index is 9.69. The fraction of sp³-hybridized carbons (Fsp3) is 0.250. The summed E-state index contributed by atoms with van der Waals surface area (Å²) in [5, 5.41) is 7.96. The predicted molar refractivity (Wildman–Crippen MR) is 25.1 cm³/mol. The minimum absolute atomic E-state index is 0.111. The van der Waals surface area contributed by atoms with Crippen LogP contribution in [0.15, 0.2) is 0 Å². The highest BCUT2D eigenvalue weighted by Crippen LogP contribution is 1.75. The molecule has 0 atom stereocenters. The van der Waals surface area contributed by atoms with Crippen LogP contribution in [0.5, 0.6) is 0 Å². The Morgan fingerprint density at radius 1 is 1.71 bits per heavy atom. The average Bonchev–Trinajstić information content (AvgIpc) is 1.27. The molecule has 2 radical (unpaired) electrons. The minimum Gasteiger partial charge on any atom is -0.480 e. The molecule has 0 fully saturated rings. The minimum atomic E-state index is -0.912. The van der Waals surface area contributed by atoms with Crippen LogP contribution < -0.4 is 0 Å². The van der Waals surface area contributed by atoms with E-state index in [1.54, 1.807) is 0 Å². The fourth-order valence-electron chi connectivity index (χ4n) is 0.191. The molecule has 0 saturated heterocycles. The Labute approximate surface area is 42.5 Å². The van der Waals surface area contributed by atoms with Crippen molar-refractivity contribution in [3.63, 3.8) is 0 Å². The number of hydrogen-bond donors (Lipinski definition) is 1. The molecule has 0 aliphatic heterocycles. The van der Waals surface area contributed by atoms with E-state index in [0.29, 0.717) is 0 Å². The molecular weight excluding hydrogens is 94.0 g/mol. The molecule has 0 saturated carbocycles. The lowest BCUT2D eigenvalue weighted by Crippen LogP contribution is -2.16. The van der Waals surface area contributed by atoms with Gasteiger partial charge in [-0.25, -0.2) is 0 Å².